The SMILES string of the molecule is CNCc1ccc(-c2c(O)ccc3[nH]c(=O)c4sccc4c23)cc1Cl. The van der Waals surface area contributed by atoms with E-state index in [1.54, 1.807) is 12.1 Å². The third-order valence-corrected chi connectivity index (χ3v) is 5.55. The van der Waals surface area contributed by atoms with Crippen LogP contribution in [-0.2, 0) is 6.54 Å². The Balaban J connectivity index is 2.07. The molecule has 0 saturated heterocycles. The van der Waals surface area contributed by atoms with Crippen molar-refractivity contribution in [3.05, 3.63) is 62.7 Å². The fourth-order valence-corrected chi connectivity index (χ4v) is 4.21. The Bertz CT molecular complexity index is 1160. The zero-order chi connectivity index (χ0) is 17.6. The van der Waals surface area contributed by atoms with E-state index >= 15 is 0 Å². The van der Waals surface area contributed by atoms with E-state index in [0.29, 0.717) is 27.3 Å². The van der Waals surface area contributed by atoms with Gasteiger partial charge in [-0.2, -0.15) is 0 Å². The number of fused-ring (bicyclic) bond motifs is 3. The molecule has 6 heteroatoms. The molecule has 0 aliphatic heterocycles. The fourth-order valence-electron chi connectivity index (χ4n) is 3.17. The number of phenols is 1. The summed E-state index contributed by atoms with van der Waals surface area (Å²) in [6, 6.07) is 11.0. The van der Waals surface area contributed by atoms with Gasteiger partial charge < -0.3 is 15.4 Å². The average molecular weight is 371 g/mol. The van der Waals surface area contributed by atoms with Crippen molar-refractivity contribution in [1.82, 2.24) is 10.3 Å². The van der Waals surface area contributed by atoms with Gasteiger partial charge in [0.15, 0.2) is 0 Å². The first-order valence-electron chi connectivity index (χ1n) is 7.78. The second-order valence-electron chi connectivity index (χ2n) is 5.84. The highest BCUT2D eigenvalue weighted by molar-refractivity contribution is 7.17. The number of aromatic nitrogens is 1. The summed E-state index contributed by atoms with van der Waals surface area (Å²) in [5, 5.41) is 17.8. The van der Waals surface area contributed by atoms with E-state index in [2.05, 4.69) is 10.3 Å². The maximum Gasteiger partial charge on any atom is 0.266 e. The van der Waals surface area contributed by atoms with E-state index in [1.165, 1.54) is 11.3 Å². The summed E-state index contributed by atoms with van der Waals surface area (Å²) >= 11 is 7.80. The number of H-pyrrole nitrogens is 1. The molecule has 126 valence electrons. The van der Waals surface area contributed by atoms with Crippen LogP contribution in [-0.4, -0.2) is 17.1 Å². The molecule has 2 aromatic carbocycles. The van der Waals surface area contributed by atoms with Crippen LogP contribution in [0.1, 0.15) is 5.56 Å². The van der Waals surface area contributed by atoms with Crippen molar-refractivity contribution in [2.75, 3.05) is 7.05 Å². The first kappa shape index (κ1) is 16.1. The summed E-state index contributed by atoms with van der Waals surface area (Å²) in [5.41, 5.74) is 3.06. The minimum Gasteiger partial charge on any atom is -0.507 e. The van der Waals surface area contributed by atoms with Gasteiger partial charge in [0.2, 0.25) is 0 Å². The highest BCUT2D eigenvalue weighted by Crippen LogP contribution is 2.40. The molecule has 0 aliphatic carbocycles. The molecule has 0 amide bonds. The van der Waals surface area contributed by atoms with E-state index in [4.69, 9.17) is 11.6 Å². The van der Waals surface area contributed by atoms with Crippen LogP contribution in [0, 0.1) is 0 Å². The van der Waals surface area contributed by atoms with Gasteiger partial charge in [-0.05, 0) is 47.8 Å². The standard InChI is InChI=1S/C19H15ClN2O2S/c1-21-9-11-3-2-10(8-13(11)20)16-15(23)5-4-14-17(16)12-6-7-25-18(12)19(24)22-14/h2-8,21,23H,9H2,1H3,(H,22,24). The monoisotopic (exact) mass is 370 g/mol. The van der Waals surface area contributed by atoms with E-state index in [9.17, 15) is 9.90 Å². The molecule has 25 heavy (non-hydrogen) atoms. The molecule has 4 rings (SSSR count). The van der Waals surface area contributed by atoms with Crippen LogP contribution >= 0.6 is 22.9 Å². The lowest BCUT2D eigenvalue weighted by atomic mass is 9.96. The molecule has 2 heterocycles. The van der Waals surface area contributed by atoms with Crippen LogP contribution in [0.3, 0.4) is 0 Å². The number of pyridine rings is 1. The summed E-state index contributed by atoms with van der Waals surface area (Å²) in [6.07, 6.45) is 0. The number of halogens is 1. The molecule has 4 aromatic rings. The number of hydrogen-bond acceptors (Lipinski definition) is 4. The second-order valence-corrected chi connectivity index (χ2v) is 7.16. The first-order chi connectivity index (χ1) is 12.1. The van der Waals surface area contributed by atoms with Crippen molar-refractivity contribution in [3.63, 3.8) is 0 Å². The lowest BCUT2D eigenvalue weighted by Gasteiger charge is -2.12. The summed E-state index contributed by atoms with van der Waals surface area (Å²) < 4.78 is 0.650. The van der Waals surface area contributed by atoms with Crippen molar-refractivity contribution in [1.29, 1.82) is 0 Å². The Morgan fingerprint density at radius 2 is 2.08 bits per heavy atom. The molecule has 4 nitrogen and oxygen atoms in total. The van der Waals surface area contributed by atoms with Crippen LogP contribution in [0.15, 0.2) is 46.6 Å². The Kier molecular flexibility index (Phi) is 4.00. The van der Waals surface area contributed by atoms with Crippen LogP contribution < -0.4 is 10.9 Å². The molecule has 0 atom stereocenters. The maximum absolute atomic E-state index is 12.2. The molecular weight excluding hydrogens is 356 g/mol. The Morgan fingerprint density at radius 1 is 1.24 bits per heavy atom. The fraction of sp³-hybridized carbons (Fsp3) is 0.105. The lowest BCUT2D eigenvalue weighted by Crippen LogP contribution is -2.06. The van der Waals surface area contributed by atoms with E-state index < -0.39 is 0 Å². The van der Waals surface area contributed by atoms with Gasteiger partial charge in [0, 0.05) is 33.4 Å². The number of nitrogens with one attached hydrogen (secondary N) is 2. The molecule has 0 bridgehead atoms. The predicted molar refractivity (Wildman–Crippen MR) is 105 cm³/mol. The van der Waals surface area contributed by atoms with Gasteiger partial charge >= 0.3 is 0 Å². The maximum atomic E-state index is 12.2. The number of aromatic amines is 1. The van der Waals surface area contributed by atoms with Crippen LogP contribution in [0.4, 0.5) is 0 Å². The van der Waals surface area contributed by atoms with Gasteiger partial charge in [-0.25, -0.2) is 0 Å². The predicted octanol–water partition coefficient (Wildman–Crippen LogP) is 4.49. The smallest absolute Gasteiger partial charge is 0.266 e. The quantitative estimate of drug-likeness (QED) is 0.498. The molecule has 0 fully saturated rings. The van der Waals surface area contributed by atoms with Crippen molar-refractivity contribution >= 4 is 43.9 Å². The number of thiophene rings is 1. The zero-order valence-electron chi connectivity index (χ0n) is 13.4. The molecule has 0 spiro atoms. The Hall–Kier alpha value is -2.34. The van der Waals surface area contributed by atoms with Crippen LogP contribution in [0.25, 0.3) is 32.1 Å². The van der Waals surface area contributed by atoms with E-state index in [-0.39, 0.29) is 11.3 Å². The highest BCUT2D eigenvalue weighted by atomic mass is 35.5. The largest absolute Gasteiger partial charge is 0.507 e. The highest BCUT2D eigenvalue weighted by Gasteiger charge is 2.16. The van der Waals surface area contributed by atoms with Gasteiger partial charge in [0.1, 0.15) is 10.4 Å². The normalized spacial score (nSPS) is 11.4. The molecule has 0 radical (unpaired) electrons. The lowest BCUT2D eigenvalue weighted by molar-refractivity contribution is 0.478. The van der Waals surface area contributed by atoms with Gasteiger partial charge in [-0.1, -0.05) is 23.7 Å². The van der Waals surface area contributed by atoms with Crippen LogP contribution in [0.2, 0.25) is 5.02 Å². The zero-order valence-corrected chi connectivity index (χ0v) is 15.0. The number of aromatic hydroxyl groups is 1. The van der Waals surface area contributed by atoms with Gasteiger partial charge in [-0.15, -0.1) is 11.3 Å². The number of benzene rings is 2. The third-order valence-electron chi connectivity index (χ3n) is 4.28. The van der Waals surface area contributed by atoms with Crippen molar-refractivity contribution < 1.29 is 5.11 Å². The van der Waals surface area contributed by atoms with E-state index in [0.717, 1.165) is 21.9 Å². The number of rotatable bonds is 3. The topological polar surface area (TPSA) is 65.1 Å². The summed E-state index contributed by atoms with van der Waals surface area (Å²) in [4.78, 5) is 15.1. The summed E-state index contributed by atoms with van der Waals surface area (Å²) in [7, 11) is 1.87. The second kappa shape index (κ2) is 6.19. The molecule has 2 aromatic heterocycles. The minimum absolute atomic E-state index is 0.114. The summed E-state index contributed by atoms with van der Waals surface area (Å²) in [6.45, 7) is 0.669. The first-order valence-corrected chi connectivity index (χ1v) is 9.04. The van der Waals surface area contributed by atoms with Gasteiger partial charge in [0.05, 0.1) is 0 Å². The molecular formula is C19H15ClN2O2S. The Morgan fingerprint density at radius 3 is 2.84 bits per heavy atom. The van der Waals surface area contributed by atoms with Gasteiger partial charge in [-0.3, -0.25) is 4.79 Å². The van der Waals surface area contributed by atoms with Crippen molar-refractivity contribution in [3.8, 4) is 16.9 Å². The average Bonchev–Trinajstić information content (AvgIpc) is 3.08. The van der Waals surface area contributed by atoms with Crippen molar-refractivity contribution in [2.45, 2.75) is 6.54 Å². The molecule has 3 N–H and O–H groups in total. The number of hydrogen-bond donors (Lipinski definition) is 3. The minimum atomic E-state index is -0.114. The molecule has 0 unspecified atom stereocenters. The summed E-state index contributed by atoms with van der Waals surface area (Å²) in [5.74, 6) is 0.157. The number of phenolic OH excluding ortho intramolecular Hbond substituents is 1. The van der Waals surface area contributed by atoms with E-state index in [1.807, 2.05) is 36.7 Å². The molecule has 0 aliphatic rings. The van der Waals surface area contributed by atoms with Gasteiger partial charge in [0.25, 0.3) is 5.56 Å². The Labute approximate surface area is 152 Å². The third kappa shape index (κ3) is 2.61. The van der Waals surface area contributed by atoms with Crippen LogP contribution in [0.5, 0.6) is 5.75 Å². The molecule has 0 saturated carbocycles. The van der Waals surface area contributed by atoms with Crippen molar-refractivity contribution in [2.24, 2.45) is 0 Å².